The third-order valence-corrected chi connectivity index (χ3v) is 3.51. The lowest BCUT2D eigenvalue weighted by Crippen LogP contribution is -2.25. The van der Waals surface area contributed by atoms with Crippen molar-refractivity contribution < 1.29 is 8.78 Å². The zero-order valence-electron chi connectivity index (χ0n) is 10.3. The second-order valence-electron chi connectivity index (χ2n) is 4.97. The van der Waals surface area contributed by atoms with Crippen molar-refractivity contribution in [3.8, 4) is 0 Å². The minimum atomic E-state index is -0.363. The first-order chi connectivity index (χ1) is 8.13. The molecular weight excluding hydrogens is 220 g/mol. The molecule has 1 saturated carbocycles. The largest absolute Gasteiger partial charge is 0.310 e. The monoisotopic (exact) mass is 239 g/mol. The second-order valence-corrected chi connectivity index (χ2v) is 4.97. The molecule has 0 amide bonds. The van der Waals surface area contributed by atoms with Gasteiger partial charge in [0.15, 0.2) is 0 Å². The molecule has 17 heavy (non-hydrogen) atoms. The molecular formula is C14H19F2N. The van der Waals surface area contributed by atoms with Gasteiger partial charge in [0.2, 0.25) is 0 Å². The van der Waals surface area contributed by atoms with Crippen LogP contribution in [0.3, 0.4) is 0 Å². The smallest absolute Gasteiger partial charge is 0.128 e. The van der Waals surface area contributed by atoms with Gasteiger partial charge in [-0.3, -0.25) is 0 Å². The summed E-state index contributed by atoms with van der Waals surface area (Å²) < 4.78 is 27.0. The molecule has 1 aromatic rings. The van der Waals surface area contributed by atoms with E-state index in [2.05, 4.69) is 19.2 Å². The van der Waals surface area contributed by atoms with E-state index in [9.17, 15) is 8.78 Å². The Bertz CT molecular complexity index is 392. The molecule has 0 bridgehead atoms. The van der Waals surface area contributed by atoms with Crippen LogP contribution in [-0.2, 0) is 0 Å². The number of hydrogen-bond acceptors (Lipinski definition) is 1. The van der Waals surface area contributed by atoms with Gasteiger partial charge >= 0.3 is 0 Å². The summed E-state index contributed by atoms with van der Waals surface area (Å²) in [5, 5.41) is 3.34. The Morgan fingerprint density at radius 2 is 2.12 bits per heavy atom. The summed E-state index contributed by atoms with van der Waals surface area (Å²) in [5.41, 5.74) is 0.479. The minimum Gasteiger partial charge on any atom is -0.310 e. The predicted octanol–water partition coefficient (Wildman–Crippen LogP) is 3.66. The van der Waals surface area contributed by atoms with E-state index in [1.165, 1.54) is 18.2 Å². The van der Waals surface area contributed by atoms with Gasteiger partial charge in [-0.15, -0.1) is 0 Å². The Labute approximate surface area is 101 Å². The molecule has 1 aliphatic rings. The number of nitrogens with one attached hydrogen (secondary N) is 1. The summed E-state index contributed by atoms with van der Waals surface area (Å²) in [6.07, 6.45) is 2.09. The van der Waals surface area contributed by atoms with Crippen molar-refractivity contribution in [3.63, 3.8) is 0 Å². The van der Waals surface area contributed by atoms with Crippen LogP contribution >= 0.6 is 0 Å². The van der Waals surface area contributed by atoms with E-state index >= 15 is 0 Å². The molecule has 3 atom stereocenters. The van der Waals surface area contributed by atoms with Gasteiger partial charge in [-0.05, 0) is 49.4 Å². The predicted molar refractivity (Wildman–Crippen MR) is 64.7 cm³/mol. The van der Waals surface area contributed by atoms with Gasteiger partial charge in [0.1, 0.15) is 11.6 Å². The van der Waals surface area contributed by atoms with Crippen LogP contribution in [0.25, 0.3) is 0 Å². The van der Waals surface area contributed by atoms with Crippen LogP contribution in [0.1, 0.15) is 38.3 Å². The van der Waals surface area contributed by atoms with Crippen molar-refractivity contribution in [2.24, 2.45) is 11.8 Å². The normalized spacial score (nSPS) is 24.7. The van der Waals surface area contributed by atoms with Crippen LogP contribution in [0.5, 0.6) is 0 Å². The number of hydrogen-bond donors (Lipinski definition) is 1. The molecule has 1 nitrogen and oxygen atoms in total. The molecule has 0 aromatic heterocycles. The molecule has 1 aliphatic carbocycles. The molecule has 2 rings (SSSR count). The first-order valence-electron chi connectivity index (χ1n) is 6.31. The van der Waals surface area contributed by atoms with Gasteiger partial charge in [-0.25, -0.2) is 8.78 Å². The van der Waals surface area contributed by atoms with Crippen molar-refractivity contribution in [2.45, 2.75) is 32.7 Å². The maximum Gasteiger partial charge on any atom is 0.128 e. The molecule has 1 fully saturated rings. The van der Waals surface area contributed by atoms with Crippen molar-refractivity contribution >= 4 is 0 Å². The lowest BCUT2D eigenvalue weighted by molar-refractivity contribution is 0.439. The Hall–Kier alpha value is -0.960. The summed E-state index contributed by atoms with van der Waals surface area (Å²) in [7, 11) is 0. The Morgan fingerprint density at radius 1 is 1.41 bits per heavy atom. The van der Waals surface area contributed by atoms with E-state index in [-0.39, 0.29) is 17.7 Å². The highest BCUT2D eigenvalue weighted by atomic mass is 19.1. The quantitative estimate of drug-likeness (QED) is 0.826. The maximum atomic E-state index is 13.8. The van der Waals surface area contributed by atoms with Gasteiger partial charge in [0.05, 0.1) is 0 Å². The molecule has 3 unspecified atom stereocenters. The molecule has 1 N–H and O–H groups in total. The van der Waals surface area contributed by atoms with Crippen molar-refractivity contribution in [2.75, 3.05) is 6.54 Å². The lowest BCUT2D eigenvalue weighted by Gasteiger charge is -2.19. The molecule has 3 heteroatoms. The summed E-state index contributed by atoms with van der Waals surface area (Å²) in [5.74, 6) is 0.377. The molecule has 0 radical (unpaired) electrons. The minimum absolute atomic E-state index is 0.0411. The number of rotatable bonds is 5. The first kappa shape index (κ1) is 12.5. The first-order valence-corrected chi connectivity index (χ1v) is 6.31. The third-order valence-electron chi connectivity index (χ3n) is 3.51. The third kappa shape index (κ3) is 2.83. The summed E-state index contributed by atoms with van der Waals surface area (Å²) >= 11 is 0. The average molecular weight is 239 g/mol. The van der Waals surface area contributed by atoms with E-state index in [0.717, 1.165) is 19.4 Å². The van der Waals surface area contributed by atoms with E-state index in [4.69, 9.17) is 0 Å². The van der Waals surface area contributed by atoms with Gasteiger partial charge < -0.3 is 5.32 Å². The SMILES string of the molecule is CCCNC(c1cc(F)ccc1F)C1CC1C. The van der Waals surface area contributed by atoms with E-state index in [0.29, 0.717) is 17.4 Å². The zero-order chi connectivity index (χ0) is 12.4. The topological polar surface area (TPSA) is 12.0 Å². The standard InChI is InChI=1S/C14H19F2N/c1-3-6-17-14(11-7-9(11)2)12-8-10(15)4-5-13(12)16/h4-5,8-9,11,14,17H,3,6-7H2,1-2H3. The van der Waals surface area contributed by atoms with Crippen molar-refractivity contribution in [3.05, 3.63) is 35.4 Å². The second kappa shape index (κ2) is 5.13. The maximum absolute atomic E-state index is 13.8. The summed E-state index contributed by atoms with van der Waals surface area (Å²) in [6.45, 7) is 5.06. The highest BCUT2D eigenvalue weighted by molar-refractivity contribution is 5.24. The van der Waals surface area contributed by atoms with E-state index < -0.39 is 0 Å². The number of halogens is 2. The van der Waals surface area contributed by atoms with Gasteiger partial charge in [-0.1, -0.05) is 13.8 Å². The van der Waals surface area contributed by atoms with Gasteiger partial charge in [0.25, 0.3) is 0 Å². The molecule has 0 heterocycles. The highest BCUT2D eigenvalue weighted by Crippen LogP contribution is 2.47. The van der Waals surface area contributed by atoms with Gasteiger partial charge in [0, 0.05) is 11.6 Å². The van der Waals surface area contributed by atoms with E-state index in [1.807, 2.05) is 0 Å². The Balaban J connectivity index is 2.21. The Morgan fingerprint density at radius 3 is 2.71 bits per heavy atom. The van der Waals surface area contributed by atoms with Crippen LogP contribution < -0.4 is 5.32 Å². The highest BCUT2D eigenvalue weighted by Gasteiger charge is 2.40. The Kier molecular flexibility index (Phi) is 3.77. The number of benzene rings is 1. The van der Waals surface area contributed by atoms with E-state index in [1.54, 1.807) is 0 Å². The fourth-order valence-corrected chi connectivity index (χ4v) is 2.36. The average Bonchev–Trinajstić information content (AvgIpc) is 3.01. The van der Waals surface area contributed by atoms with Crippen molar-refractivity contribution in [1.29, 1.82) is 0 Å². The van der Waals surface area contributed by atoms with Crippen LogP contribution in [0.15, 0.2) is 18.2 Å². The summed E-state index contributed by atoms with van der Waals surface area (Å²) in [6, 6.07) is 3.68. The van der Waals surface area contributed by atoms with Crippen LogP contribution in [0.4, 0.5) is 8.78 Å². The molecule has 0 aliphatic heterocycles. The lowest BCUT2D eigenvalue weighted by atomic mass is 10.00. The molecule has 0 spiro atoms. The zero-order valence-corrected chi connectivity index (χ0v) is 10.3. The van der Waals surface area contributed by atoms with Gasteiger partial charge in [-0.2, -0.15) is 0 Å². The fraction of sp³-hybridized carbons (Fsp3) is 0.571. The molecule has 0 saturated heterocycles. The molecule has 1 aromatic carbocycles. The van der Waals surface area contributed by atoms with Crippen LogP contribution in [-0.4, -0.2) is 6.54 Å². The fourth-order valence-electron chi connectivity index (χ4n) is 2.36. The van der Waals surface area contributed by atoms with Crippen LogP contribution in [0.2, 0.25) is 0 Å². The summed E-state index contributed by atoms with van der Waals surface area (Å²) in [4.78, 5) is 0. The van der Waals surface area contributed by atoms with Crippen molar-refractivity contribution in [1.82, 2.24) is 5.32 Å². The molecule has 94 valence electrons. The van der Waals surface area contributed by atoms with Crippen LogP contribution in [0, 0.1) is 23.5 Å².